The van der Waals surface area contributed by atoms with Gasteiger partial charge in [0.15, 0.2) is 5.69 Å². The third-order valence-corrected chi connectivity index (χ3v) is 6.07. The molecule has 1 N–H and O–H groups in total. The Morgan fingerprint density at radius 3 is 2.71 bits per heavy atom. The predicted octanol–water partition coefficient (Wildman–Crippen LogP) is 1.38. The van der Waals surface area contributed by atoms with Gasteiger partial charge in [-0.2, -0.15) is 0 Å². The summed E-state index contributed by atoms with van der Waals surface area (Å²) in [5.74, 6) is -0.00437. The molecule has 150 valence electrons. The summed E-state index contributed by atoms with van der Waals surface area (Å²) in [4.78, 5) is 17.4. The van der Waals surface area contributed by atoms with E-state index in [9.17, 15) is 4.79 Å². The highest BCUT2D eigenvalue weighted by atomic mass is 16.2. The Hall–Kier alpha value is -2.25. The molecule has 7 nitrogen and oxygen atoms in total. The quantitative estimate of drug-likeness (QED) is 0.846. The van der Waals surface area contributed by atoms with Gasteiger partial charge in [-0.15, -0.1) is 5.10 Å². The number of carbonyl (C=O) groups is 1. The molecule has 28 heavy (non-hydrogen) atoms. The topological polar surface area (TPSA) is 66.3 Å². The van der Waals surface area contributed by atoms with Gasteiger partial charge in [0.1, 0.15) is 0 Å². The molecular formula is C21H30N6O. The Morgan fingerprint density at radius 1 is 1.14 bits per heavy atom. The Bertz CT molecular complexity index is 785. The van der Waals surface area contributed by atoms with Crippen molar-refractivity contribution >= 4 is 5.91 Å². The number of hydrogen-bond donors (Lipinski definition) is 1. The number of likely N-dealkylation sites (tertiary alicyclic amines) is 1. The number of rotatable bonds is 5. The van der Waals surface area contributed by atoms with Crippen molar-refractivity contribution < 1.29 is 4.79 Å². The van der Waals surface area contributed by atoms with Gasteiger partial charge < -0.3 is 10.2 Å². The first-order valence-electron chi connectivity index (χ1n) is 10.3. The number of benzene rings is 1. The average Bonchev–Trinajstić information content (AvgIpc) is 3.22. The van der Waals surface area contributed by atoms with Crippen LogP contribution in [0.1, 0.15) is 35.8 Å². The third kappa shape index (κ3) is 4.25. The maximum absolute atomic E-state index is 13.0. The molecule has 3 heterocycles. The van der Waals surface area contributed by atoms with Crippen LogP contribution in [0.3, 0.4) is 0 Å². The van der Waals surface area contributed by atoms with Crippen molar-refractivity contribution in [2.45, 2.75) is 31.7 Å². The van der Waals surface area contributed by atoms with Gasteiger partial charge >= 0.3 is 0 Å². The van der Waals surface area contributed by atoms with Crippen molar-refractivity contribution in [2.75, 3.05) is 45.8 Å². The molecule has 4 rings (SSSR count). The number of carbonyl (C=O) groups excluding carboxylic acids is 1. The first-order chi connectivity index (χ1) is 13.6. The summed E-state index contributed by atoms with van der Waals surface area (Å²) in [6, 6.07) is 10.5. The molecule has 2 saturated heterocycles. The monoisotopic (exact) mass is 382 g/mol. The molecule has 0 radical (unpaired) electrons. The van der Waals surface area contributed by atoms with E-state index in [1.54, 1.807) is 10.9 Å². The van der Waals surface area contributed by atoms with Gasteiger partial charge in [-0.1, -0.05) is 42.5 Å². The van der Waals surface area contributed by atoms with E-state index >= 15 is 0 Å². The van der Waals surface area contributed by atoms with Crippen molar-refractivity contribution in [2.24, 2.45) is 0 Å². The molecule has 0 spiro atoms. The minimum atomic E-state index is -0.00649. The van der Waals surface area contributed by atoms with Crippen LogP contribution in [0.15, 0.2) is 36.5 Å². The Kier molecular flexibility index (Phi) is 5.73. The van der Waals surface area contributed by atoms with Crippen molar-refractivity contribution in [1.29, 1.82) is 0 Å². The number of nitrogens with one attached hydrogen (secondary N) is 1. The first kappa shape index (κ1) is 19.1. The van der Waals surface area contributed by atoms with E-state index in [1.807, 2.05) is 11.0 Å². The van der Waals surface area contributed by atoms with Gasteiger partial charge in [0.2, 0.25) is 0 Å². The normalized spacial score (nSPS) is 23.7. The number of piperazine rings is 1. The smallest absolute Gasteiger partial charge is 0.276 e. The molecule has 0 saturated carbocycles. The van der Waals surface area contributed by atoms with Gasteiger partial charge in [0, 0.05) is 51.2 Å². The van der Waals surface area contributed by atoms with Crippen LogP contribution in [0.5, 0.6) is 0 Å². The zero-order valence-electron chi connectivity index (χ0n) is 16.7. The molecule has 1 amide bonds. The number of aromatic nitrogens is 3. The van der Waals surface area contributed by atoms with E-state index in [-0.39, 0.29) is 11.3 Å². The van der Waals surface area contributed by atoms with Crippen LogP contribution in [0.25, 0.3) is 0 Å². The number of amides is 1. The van der Waals surface area contributed by atoms with Crippen LogP contribution in [-0.4, -0.2) is 76.5 Å². The Morgan fingerprint density at radius 2 is 1.93 bits per heavy atom. The molecule has 1 aromatic heterocycles. The summed E-state index contributed by atoms with van der Waals surface area (Å²) in [6.07, 6.45) is 3.91. The molecule has 1 aromatic carbocycles. The molecule has 0 bridgehead atoms. The van der Waals surface area contributed by atoms with E-state index in [1.165, 1.54) is 5.56 Å². The van der Waals surface area contributed by atoms with Crippen molar-refractivity contribution in [3.05, 3.63) is 47.8 Å². The summed E-state index contributed by atoms with van der Waals surface area (Å²) >= 11 is 0. The van der Waals surface area contributed by atoms with Crippen LogP contribution in [0.4, 0.5) is 0 Å². The predicted molar refractivity (Wildman–Crippen MR) is 108 cm³/mol. The second-order valence-corrected chi connectivity index (χ2v) is 8.22. The van der Waals surface area contributed by atoms with Crippen LogP contribution < -0.4 is 5.32 Å². The maximum atomic E-state index is 13.0. The third-order valence-electron chi connectivity index (χ3n) is 6.07. The lowest BCUT2D eigenvalue weighted by molar-refractivity contribution is 0.0645. The summed E-state index contributed by atoms with van der Waals surface area (Å²) in [7, 11) is 0. The fraction of sp³-hybridized carbons (Fsp3) is 0.571. The molecule has 1 atom stereocenters. The SMILES string of the molecule is C[C@@]1(c2ccccc2)CCCN(C(=O)c2cn(CCN3CCNCC3)nn2)C1. The van der Waals surface area contributed by atoms with Gasteiger partial charge in [-0.05, 0) is 18.4 Å². The van der Waals surface area contributed by atoms with Gasteiger partial charge in [-0.3, -0.25) is 14.4 Å². The van der Waals surface area contributed by atoms with Crippen LogP contribution in [0.2, 0.25) is 0 Å². The van der Waals surface area contributed by atoms with E-state index in [0.29, 0.717) is 5.69 Å². The highest BCUT2D eigenvalue weighted by Crippen LogP contribution is 2.33. The summed E-state index contributed by atoms with van der Waals surface area (Å²) in [5, 5.41) is 11.7. The fourth-order valence-corrected chi connectivity index (χ4v) is 4.34. The fourth-order valence-electron chi connectivity index (χ4n) is 4.34. The largest absolute Gasteiger partial charge is 0.336 e. The van der Waals surface area contributed by atoms with Crippen molar-refractivity contribution in [3.8, 4) is 0 Å². The highest BCUT2D eigenvalue weighted by molar-refractivity contribution is 5.92. The average molecular weight is 383 g/mol. The van der Waals surface area contributed by atoms with Crippen LogP contribution in [0, 0.1) is 0 Å². The molecule has 2 fully saturated rings. The summed E-state index contributed by atoms with van der Waals surface area (Å²) in [6.45, 7) is 9.67. The molecule has 2 aliphatic rings. The van der Waals surface area contributed by atoms with E-state index in [0.717, 1.165) is 65.2 Å². The summed E-state index contributed by atoms with van der Waals surface area (Å²) in [5.41, 5.74) is 1.75. The highest BCUT2D eigenvalue weighted by Gasteiger charge is 2.35. The number of piperidine rings is 1. The Balaban J connectivity index is 1.38. The molecule has 7 heteroatoms. The maximum Gasteiger partial charge on any atom is 0.276 e. The minimum absolute atomic E-state index is 0.00437. The zero-order chi connectivity index (χ0) is 19.4. The molecule has 2 aromatic rings. The first-order valence-corrected chi connectivity index (χ1v) is 10.3. The van der Waals surface area contributed by atoms with Gasteiger partial charge in [0.25, 0.3) is 5.91 Å². The second-order valence-electron chi connectivity index (χ2n) is 8.22. The van der Waals surface area contributed by atoms with Crippen LogP contribution >= 0.6 is 0 Å². The molecule has 0 aliphatic carbocycles. The van der Waals surface area contributed by atoms with Crippen LogP contribution in [-0.2, 0) is 12.0 Å². The second kappa shape index (κ2) is 8.41. The number of nitrogens with zero attached hydrogens (tertiary/aromatic N) is 5. The van der Waals surface area contributed by atoms with E-state index in [2.05, 4.69) is 51.7 Å². The Labute approximate surface area is 166 Å². The zero-order valence-corrected chi connectivity index (χ0v) is 16.7. The van der Waals surface area contributed by atoms with E-state index in [4.69, 9.17) is 0 Å². The lowest BCUT2D eigenvalue weighted by Crippen LogP contribution is -2.47. The lowest BCUT2D eigenvalue weighted by Gasteiger charge is -2.40. The van der Waals surface area contributed by atoms with Gasteiger partial charge in [0.05, 0.1) is 12.7 Å². The number of hydrogen-bond acceptors (Lipinski definition) is 5. The van der Waals surface area contributed by atoms with Gasteiger partial charge in [-0.25, -0.2) is 0 Å². The molecule has 0 unspecified atom stereocenters. The van der Waals surface area contributed by atoms with E-state index < -0.39 is 0 Å². The standard InChI is InChI=1S/C21H30N6O/c1-21(18-6-3-2-4-7-18)8-5-11-26(17-21)20(28)19-16-27(24-23-19)15-14-25-12-9-22-10-13-25/h2-4,6-7,16,22H,5,8-15,17H2,1H3/t21-/m1/s1. The lowest BCUT2D eigenvalue weighted by atomic mass is 9.76. The van der Waals surface area contributed by atoms with Crippen molar-refractivity contribution in [1.82, 2.24) is 30.1 Å². The summed E-state index contributed by atoms with van der Waals surface area (Å²) < 4.78 is 1.80. The molecule has 2 aliphatic heterocycles. The molecular weight excluding hydrogens is 352 g/mol. The van der Waals surface area contributed by atoms with Crippen molar-refractivity contribution in [3.63, 3.8) is 0 Å². The minimum Gasteiger partial charge on any atom is -0.336 e.